The van der Waals surface area contributed by atoms with Crippen LogP contribution in [0.5, 0.6) is 0 Å². The number of hydrazine groups is 2. The number of methoxy groups -OCH3 is 2. The average molecular weight is 390 g/mol. The van der Waals surface area contributed by atoms with Gasteiger partial charge in [-0.05, 0) is 25.7 Å². The van der Waals surface area contributed by atoms with E-state index in [4.69, 9.17) is 14.2 Å². The molecule has 3 heterocycles. The molecule has 0 aromatic heterocycles. The molecule has 0 spiro atoms. The smallest absolute Gasteiger partial charge is 0.344 e. The standard InChI is InChI=1S/C19H26N4O5/c1-26-18(24)15-14(13-20)7-12-28-17(16(15)19(25)27-2)23(21-8-3-4-9-21)22-10-5-6-11-22/h3-12H2,1-2H3. The lowest BCUT2D eigenvalue weighted by Crippen LogP contribution is -2.51. The fraction of sp³-hybridized carbons (Fsp3) is 0.632. The average Bonchev–Trinajstić information content (AvgIpc) is 3.40. The SMILES string of the molecule is COC(=O)C1=C(C#N)CCOC(N(N2CCCC2)N2CCCC2)=C1C(=O)OC. The molecule has 152 valence electrons. The van der Waals surface area contributed by atoms with Crippen molar-refractivity contribution in [3.8, 4) is 6.07 Å². The molecule has 0 unspecified atom stereocenters. The molecule has 28 heavy (non-hydrogen) atoms. The number of hydrogen-bond donors (Lipinski definition) is 0. The molecule has 0 aromatic rings. The molecule has 3 rings (SSSR count). The predicted molar refractivity (Wildman–Crippen MR) is 97.7 cm³/mol. The molecule has 2 fully saturated rings. The number of hydrogen-bond acceptors (Lipinski definition) is 9. The third kappa shape index (κ3) is 3.84. The van der Waals surface area contributed by atoms with E-state index in [1.165, 1.54) is 14.2 Å². The molecule has 9 nitrogen and oxygen atoms in total. The molecule has 0 atom stereocenters. The number of nitrogens with zero attached hydrogens (tertiary/aromatic N) is 4. The van der Waals surface area contributed by atoms with Gasteiger partial charge in [0.15, 0.2) is 0 Å². The molecule has 3 aliphatic rings. The number of nitriles is 1. The Balaban J connectivity index is 2.19. The second kappa shape index (κ2) is 9.08. The van der Waals surface area contributed by atoms with Crippen LogP contribution in [0.15, 0.2) is 22.6 Å². The van der Waals surface area contributed by atoms with Crippen LogP contribution in [0.4, 0.5) is 0 Å². The van der Waals surface area contributed by atoms with Gasteiger partial charge in [0.1, 0.15) is 5.57 Å². The van der Waals surface area contributed by atoms with Crippen molar-refractivity contribution >= 4 is 11.9 Å². The lowest BCUT2D eigenvalue weighted by molar-refractivity contribution is -0.174. The van der Waals surface area contributed by atoms with Crippen molar-refractivity contribution in [1.82, 2.24) is 15.1 Å². The predicted octanol–water partition coefficient (Wildman–Crippen LogP) is 1.11. The van der Waals surface area contributed by atoms with E-state index in [-0.39, 0.29) is 35.6 Å². The van der Waals surface area contributed by atoms with Crippen LogP contribution in [0.1, 0.15) is 32.1 Å². The highest BCUT2D eigenvalue weighted by atomic mass is 16.5. The molecular weight excluding hydrogens is 364 g/mol. The summed E-state index contributed by atoms with van der Waals surface area (Å²) in [6.45, 7) is 3.46. The third-order valence-corrected chi connectivity index (χ3v) is 5.15. The van der Waals surface area contributed by atoms with Crippen molar-refractivity contribution < 1.29 is 23.8 Å². The van der Waals surface area contributed by atoms with Crippen molar-refractivity contribution in [3.05, 3.63) is 22.6 Å². The Bertz CT molecular complexity index is 711. The zero-order chi connectivity index (χ0) is 20.1. The summed E-state index contributed by atoms with van der Waals surface area (Å²) in [5.41, 5.74) is 0.0278. The molecule has 0 aliphatic carbocycles. The molecule has 0 bridgehead atoms. The van der Waals surface area contributed by atoms with Crippen LogP contribution < -0.4 is 0 Å². The molecule has 0 N–H and O–H groups in total. The number of esters is 2. The van der Waals surface area contributed by atoms with Crippen molar-refractivity contribution in [3.63, 3.8) is 0 Å². The molecule has 0 aromatic carbocycles. The van der Waals surface area contributed by atoms with Crippen molar-refractivity contribution in [2.24, 2.45) is 0 Å². The Morgan fingerprint density at radius 3 is 1.93 bits per heavy atom. The van der Waals surface area contributed by atoms with E-state index >= 15 is 0 Å². The molecule has 0 radical (unpaired) electrons. The summed E-state index contributed by atoms with van der Waals surface area (Å²) in [7, 11) is 2.47. The minimum Gasteiger partial charge on any atom is -0.476 e. The maximum absolute atomic E-state index is 12.8. The lowest BCUT2D eigenvalue weighted by atomic mass is 9.99. The maximum atomic E-state index is 12.8. The van der Waals surface area contributed by atoms with E-state index in [1.54, 1.807) is 0 Å². The van der Waals surface area contributed by atoms with E-state index in [0.29, 0.717) is 0 Å². The van der Waals surface area contributed by atoms with E-state index in [1.807, 2.05) is 11.2 Å². The van der Waals surface area contributed by atoms with Crippen molar-refractivity contribution in [2.75, 3.05) is 47.0 Å². The third-order valence-electron chi connectivity index (χ3n) is 5.15. The Kier molecular flexibility index (Phi) is 6.54. The van der Waals surface area contributed by atoms with Gasteiger partial charge in [-0.3, -0.25) is 0 Å². The van der Waals surface area contributed by atoms with Crippen LogP contribution in [0.25, 0.3) is 0 Å². The van der Waals surface area contributed by atoms with E-state index < -0.39 is 11.9 Å². The maximum Gasteiger partial charge on any atom is 0.344 e. The second-order valence-electron chi connectivity index (χ2n) is 6.84. The lowest BCUT2D eigenvalue weighted by Gasteiger charge is -2.40. The molecule has 0 saturated carbocycles. The van der Waals surface area contributed by atoms with Crippen LogP contribution in [-0.2, 0) is 23.8 Å². The van der Waals surface area contributed by atoms with Crippen LogP contribution in [0.3, 0.4) is 0 Å². The molecular formula is C19H26N4O5. The first kappa shape index (κ1) is 20.2. The molecule has 3 aliphatic heterocycles. The zero-order valence-electron chi connectivity index (χ0n) is 16.4. The Hall–Kier alpha value is -2.57. The number of rotatable bonds is 5. The number of carbonyl (C=O) groups is 2. The van der Waals surface area contributed by atoms with Gasteiger partial charge in [-0.15, -0.1) is 0 Å². The van der Waals surface area contributed by atoms with Crippen LogP contribution in [0.2, 0.25) is 0 Å². The van der Waals surface area contributed by atoms with Gasteiger partial charge >= 0.3 is 11.9 Å². The molecule has 0 amide bonds. The highest BCUT2D eigenvalue weighted by molar-refractivity contribution is 6.08. The quantitative estimate of drug-likeness (QED) is 0.640. The van der Waals surface area contributed by atoms with Crippen LogP contribution in [0, 0.1) is 11.3 Å². The highest BCUT2D eigenvalue weighted by Gasteiger charge is 2.39. The summed E-state index contributed by atoms with van der Waals surface area (Å²) in [5, 5.41) is 15.7. The van der Waals surface area contributed by atoms with Gasteiger partial charge in [-0.25, -0.2) is 24.7 Å². The Morgan fingerprint density at radius 2 is 1.46 bits per heavy atom. The normalized spacial score (nSPS) is 21.2. The van der Waals surface area contributed by atoms with Crippen molar-refractivity contribution in [1.29, 1.82) is 5.26 Å². The zero-order valence-corrected chi connectivity index (χ0v) is 16.4. The van der Waals surface area contributed by atoms with Gasteiger partial charge < -0.3 is 14.2 Å². The van der Waals surface area contributed by atoms with Gasteiger partial charge in [0.05, 0.1) is 32.5 Å². The second-order valence-corrected chi connectivity index (χ2v) is 6.84. The van der Waals surface area contributed by atoms with Crippen LogP contribution in [-0.4, -0.2) is 74.1 Å². The fourth-order valence-corrected chi connectivity index (χ4v) is 3.81. The number of ether oxygens (including phenoxy) is 3. The Morgan fingerprint density at radius 1 is 0.964 bits per heavy atom. The van der Waals surface area contributed by atoms with E-state index in [0.717, 1.165) is 51.9 Å². The summed E-state index contributed by atoms with van der Waals surface area (Å²) in [6.07, 6.45) is 4.35. The first-order valence-electron chi connectivity index (χ1n) is 9.59. The van der Waals surface area contributed by atoms with Crippen molar-refractivity contribution in [2.45, 2.75) is 32.1 Å². The van der Waals surface area contributed by atoms with Gasteiger partial charge in [0.2, 0.25) is 5.88 Å². The topological polar surface area (TPSA) is 95.3 Å². The largest absolute Gasteiger partial charge is 0.476 e. The van der Waals surface area contributed by atoms with Gasteiger partial charge in [0.25, 0.3) is 0 Å². The van der Waals surface area contributed by atoms with Gasteiger partial charge in [-0.2, -0.15) is 5.26 Å². The molecule has 2 saturated heterocycles. The summed E-state index contributed by atoms with van der Waals surface area (Å²) in [6, 6.07) is 2.03. The number of carbonyl (C=O) groups excluding carboxylic acids is 2. The summed E-state index contributed by atoms with van der Waals surface area (Å²) in [4.78, 5) is 25.3. The minimum absolute atomic E-state index is 0.0535. The summed E-state index contributed by atoms with van der Waals surface area (Å²) >= 11 is 0. The highest BCUT2D eigenvalue weighted by Crippen LogP contribution is 2.33. The van der Waals surface area contributed by atoms with E-state index in [9.17, 15) is 14.9 Å². The summed E-state index contributed by atoms with van der Waals surface area (Å²) in [5.74, 6) is -1.24. The van der Waals surface area contributed by atoms with E-state index in [2.05, 4.69) is 10.0 Å². The first-order chi connectivity index (χ1) is 13.6. The molecule has 9 heteroatoms. The fourth-order valence-electron chi connectivity index (χ4n) is 3.81. The monoisotopic (exact) mass is 390 g/mol. The first-order valence-corrected chi connectivity index (χ1v) is 9.59. The summed E-state index contributed by atoms with van der Waals surface area (Å²) < 4.78 is 15.9. The Labute approximate surface area is 164 Å². The minimum atomic E-state index is -0.747. The van der Waals surface area contributed by atoms with Gasteiger partial charge in [-0.1, -0.05) is 0 Å². The van der Waals surface area contributed by atoms with Gasteiger partial charge in [0, 0.05) is 38.2 Å². The van der Waals surface area contributed by atoms with Crippen LogP contribution >= 0.6 is 0 Å².